The van der Waals surface area contributed by atoms with E-state index in [1.165, 1.54) is 12.7 Å². The van der Waals surface area contributed by atoms with Crippen molar-refractivity contribution >= 4 is 11.7 Å². The lowest BCUT2D eigenvalue weighted by Gasteiger charge is -2.17. The highest BCUT2D eigenvalue weighted by Crippen LogP contribution is 2.13. The number of fused-ring (bicyclic) bond motifs is 1. The summed E-state index contributed by atoms with van der Waals surface area (Å²) in [5, 5.41) is 10.6. The highest BCUT2D eigenvalue weighted by atomic mass is 16.2. The summed E-state index contributed by atoms with van der Waals surface area (Å²) in [4.78, 5) is 26.3. The fourth-order valence-electron chi connectivity index (χ4n) is 2.15. The van der Waals surface area contributed by atoms with Gasteiger partial charge in [-0.1, -0.05) is 6.92 Å². The maximum Gasteiger partial charge on any atom is 0.257 e. The Balaban J connectivity index is 1.93. The molecule has 0 spiro atoms. The van der Waals surface area contributed by atoms with Gasteiger partial charge in [0.2, 0.25) is 0 Å². The number of carbonyl (C=O) groups is 1. The molecule has 0 atom stereocenters. The first-order chi connectivity index (χ1) is 10.2. The molecule has 3 rings (SSSR count). The number of nitrogens with one attached hydrogen (secondary N) is 1. The monoisotopic (exact) mass is 286 g/mol. The molecule has 0 radical (unpaired) electrons. The van der Waals surface area contributed by atoms with E-state index in [4.69, 9.17) is 0 Å². The fourth-order valence-corrected chi connectivity index (χ4v) is 2.15. The van der Waals surface area contributed by atoms with Crippen molar-refractivity contribution in [1.82, 2.24) is 39.7 Å². The molecule has 9 heteroatoms. The van der Waals surface area contributed by atoms with Crippen LogP contribution in [0.2, 0.25) is 0 Å². The molecule has 0 bridgehead atoms. The first-order valence-corrected chi connectivity index (χ1v) is 6.48. The predicted molar refractivity (Wildman–Crippen MR) is 72.3 cm³/mol. The van der Waals surface area contributed by atoms with E-state index in [0.29, 0.717) is 30.1 Å². The van der Waals surface area contributed by atoms with Crippen LogP contribution in [0, 0.1) is 0 Å². The van der Waals surface area contributed by atoms with Crippen molar-refractivity contribution in [1.29, 1.82) is 0 Å². The molecule has 0 saturated carbocycles. The Morgan fingerprint density at radius 3 is 2.90 bits per heavy atom. The number of H-pyrrole nitrogens is 1. The number of amides is 1. The third-order valence-electron chi connectivity index (χ3n) is 3.17. The van der Waals surface area contributed by atoms with Crippen LogP contribution >= 0.6 is 0 Å². The normalized spacial score (nSPS) is 11.0. The summed E-state index contributed by atoms with van der Waals surface area (Å²) in [6, 6.07) is 0. The van der Waals surface area contributed by atoms with Crippen LogP contribution in [0.1, 0.15) is 28.8 Å². The van der Waals surface area contributed by atoms with Crippen molar-refractivity contribution in [3.05, 3.63) is 35.9 Å². The van der Waals surface area contributed by atoms with Crippen molar-refractivity contribution in [2.24, 2.45) is 0 Å². The molecule has 0 fully saturated rings. The summed E-state index contributed by atoms with van der Waals surface area (Å²) in [7, 11) is 1.70. The van der Waals surface area contributed by atoms with Gasteiger partial charge in [-0.3, -0.25) is 9.89 Å². The average molecular weight is 286 g/mol. The van der Waals surface area contributed by atoms with Crippen LogP contribution in [0.15, 0.2) is 18.9 Å². The fraction of sp³-hybridized carbons (Fsp3) is 0.333. The van der Waals surface area contributed by atoms with Crippen LogP contribution in [0.3, 0.4) is 0 Å². The highest BCUT2D eigenvalue weighted by Gasteiger charge is 2.19. The number of aromatic nitrogens is 7. The Kier molecular flexibility index (Phi) is 3.30. The number of hydrogen-bond acceptors (Lipinski definition) is 6. The van der Waals surface area contributed by atoms with Crippen molar-refractivity contribution in [2.75, 3.05) is 7.05 Å². The molecule has 0 aliphatic heterocycles. The smallest absolute Gasteiger partial charge is 0.257 e. The van der Waals surface area contributed by atoms with Gasteiger partial charge in [-0.15, -0.1) is 0 Å². The number of carbonyl (C=O) groups excluding carboxylic acids is 1. The molecule has 1 amide bonds. The molecular formula is C12H14N8O. The maximum atomic E-state index is 12.6. The Hall–Kier alpha value is -2.84. The summed E-state index contributed by atoms with van der Waals surface area (Å²) in [5.41, 5.74) is 1.30. The van der Waals surface area contributed by atoms with E-state index in [0.717, 1.165) is 5.69 Å². The van der Waals surface area contributed by atoms with E-state index in [2.05, 4.69) is 30.2 Å². The van der Waals surface area contributed by atoms with Crippen LogP contribution in [-0.4, -0.2) is 52.6 Å². The van der Waals surface area contributed by atoms with Gasteiger partial charge in [-0.2, -0.15) is 15.2 Å². The summed E-state index contributed by atoms with van der Waals surface area (Å²) in [5.74, 6) is 0.966. The van der Waals surface area contributed by atoms with E-state index < -0.39 is 0 Å². The third-order valence-corrected chi connectivity index (χ3v) is 3.17. The Labute approximate surface area is 120 Å². The quantitative estimate of drug-likeness (QED) is 0.728. The van der Waals surface area contributed by atoms with Crippen LogP contribution in [0.5, 0.6) is 0 Å². The summed E-state index contributed by atoms with van der Waals surface area (Å²) < 4.78 is 1.59. The molecule has 3 heterocycles. The first-order valence-electron chi connectivity index (χ1n) is 6.48. The van der Waals surface area contributed by atoms with Gasteiger partial charge in [0, 0.05) is 13.2 Å². The van der Waals surface area contributed by atoms with Gasteiger partial charge >= 0.3 is 0 Å². The van der Waals surface area contributed by atoms with Crippen LogP contribution in [0.4, 0.5) is 0 Å². The third kappa shape index (κ3) is 2.33. The average Bonchev–Trinajstić information content (AvgIpc) is 3.15. The van der Waals surface area contributed by atoms with Crippen molar-refractivity contribution in [3.8, 4) is 0 Å². The Bertz CT molecular complexity index is 763. The number of nitrogens with zero attached hydrogens (tertiary/aromatic N) is 7. The van der Waals surface area contributed by atoms with E-state index in [-0.39, 0.29) is 5.91 Å². The zero-order valence-electron chi connectivity index (χ0n) is 11.7. The van der Waals surface area contributed by atoms with Gasteiger partial charge in [0.25, 0.3) is 11.7 Å². The molecule has 108 valence electrons. The first kappa shape index (κ1) is 13.2. The lowest BCUT2D eigenvalue weighted by atomic mass is 10.1. The van der Waals surface area contributed by atoms with Gasteiger partial charge in [-0.05, 0) is 6.42 Å². The molecule has 0 aliphatic rings. The lowest BCUT2D eigenvalue weighted by molar-refractivity contribution is 0.0779. The number of aryl methyl sites for hydroxylation is 1. The SMILES string of the molecule is CCc1c(C(=O)N(C)Cc2ncn[nH]2)cnc2ncnn12. The van der Waals surface area contributed by atoms with Crippen LogP contribution in [-0.2, 0) is 13.0 Å². The van der Waals surface area contributed by atoms with E-state index >= 15 is 0 Å². The van der Waals surface area contributed by atoms with Crippen molar-refractivity contribution in [2.45, 2.75) is 19.9 Å². The van der Waals surface area contributed by atoms with Gasteiger partial charge in [0.05, 0.1) is 17.8 Å². The van der Waals surface area contributed by atoms with Gasteiger partial charge in [0.15, 0.2) is 0 Å². The Morgan fingerprint density at radius 1 is 1.33 bits per heavy atom. The molecule has 3 aromatic heterocycles. The van der Waals surface area contributed by atoms with E-state index in [1.807, 2.05) is 6.92 Å². The molecule has 0 aromatic carbocycles. The topological polar surface area (TPSA) is 105 Å². The zero-order valence-corrected chi connectivity index (χ0v) is 11.7. The Morgan fingerprint density at radius 2 is 2.19 bits per heavy atom. The van der Waals surface area contributed by atoms with Gasteiger partial charge < -0.3 is 4.90 Å². The molecule has 1 N–H and O–H groups in total. The standard InChI is InChI=1S/C12H14N8O/c1-3-9-8(4-13-12-15-7-17-20(9)12)11(21)19(2)5-10-14-6-16-18-10/h4,6-7H,3,5H2,1-2H3,(H,14,16,18). The minimum atomic E-state index is -0.145. The lowest BCUT2D eigenvalue weighted by Crippen LogP contribution is -2.28. The number of aromatic amines is 1. The molecule has 3 aromatic rings. The number of rotatable bonds is 4. The predicted octanol–water partition coefficient (Wildman–Crippen LogP) is 0.0770. The van der Waals surface area contributed by atoms with E-state index in [1.54, 1.807) is 22.7 Å². The van der Waals surface area contributed by atoms with E-state index in [9.17, 15) is 4.79 Å². The highest BCUT2D eigenvalue weighted by molar-refractivity contribution is 5.95. The van der Waals surface area contributed by atoms with Crippen LogP contribution in [0.25, 0.3) is 5.78 Å². The largest absolute Gasteiger partial charge is 0.334 e. The molecule has 0 saturated heterocycles. The molecule has 9 nitrogen and oxygen atoms in total. The zero-order chi connectivity index (χ0) is 14.8. The molecule has 0 unspecified atom stereocenters. The molecule has 21 heavy (non-hydrogen) atoms. The second kappa shape index (κ2) is 5.27. The minimum absolute atomic E-state index is 0.145. The van der Waals surface area contributed by atoms with Gasteiger partial charge in [-0.25, -0.2) is 14.5 Å². The second-order valence-electron chi connectivity index (χ2n) is 4.54. The van der Waals surface area contributed by atoms with Crippen LogP contribution < -0.4 is 0 Å². The second-order valence-corrected chi connectivity index (χ2v) is 4.54. The molecule has 0 aliphatic carbocycles. The summed E-state index contributed by atoms with van der Waals surface area (Å²) >= 11 is 0. The minimum Gasteiger partial charge on any atom is -0.334 e. The summed E-state index contributed by atoms with van der Waals surface area (Å²) in [6.07, 6.45) is 5.03. The molecular weight excluding hydrogens is 272 g/mol. The van der Waals surface area contributed by atoms with Gasteiger partial charge in [0.1, 0.15) is 18.5 Å². The van der Waals surface area contributed by atoms with Crippen molar-refractivity contribution in [3.63, 3.8) is 0 Å². The van der Waals surface area contributed by atoms with Crippen molar-refractivity contribution < 1.29 is 4.79 Å². The maximum absolute atomic E-state index is 12.6. The number of hydrogen-bond donors (Lipinski definition) is 1. The summed E-state index contributed by atoms with van der Waals surface area (Å²) in [6.45, 7) is 2.31.